The van der Waals surface area contributed by atoms with Crippen molar-refractivity contribution in [1.29, 1.82) is 0 Å². The average Bonchev–Trinajstić information content (AvgIpc) is 3.39. The van der Waals surface area contributed by atoms with Crippen LogP contribution in [-0.2, 0) is 16.0 Å². The number of carbonyl (C=O) groups excluding carboxylic acids is 2. The van der Waals surface area contributed by atoms with Crippen LogP contribution in [0.4, 0.5) is 9.52 Å². The van der Waals surface area contributed by atoms with E-state index in [9.17, 15) is 14.0 Å². The third kappa shape index (κ3) is 4.14. The van der Waals surface area contributed by atoms with Gasteiger partial charge in [-0.1, -0.05) is 25.2 Å². The number of nitrogens with zero attached hydrogens (tertiary/aromatic N) is 3. The zero-order valence-electron chi connectivity index (χ0n) is 16.2. The van der Waals surface area contributed by atoms with E-state index >= 15 is 0 Å². The number of anilines is 1. The Balaban J connectivity index is 1.36. The minimum Gasteiger partial charge on any atom is -0.361 e. The molecule has 29 heavy (non-hydrogen) atoms. The molecule has 7 nitrogen and oxygen atoms in total. The average molecular weight is 415 g/mol. The number of aromatic amines is 1. The first-order chi connectivity index (χ1) is 13.9. The molecule has 1 aliphatic heterocycles. The molecule has 1 atom stereocenters. The van der Waals surface area contributed by atoms with Crippen LogP contribution in [-0.4, -0.2) is 45.0 Å². The number of H-pyrrole nitrogens is 1. The van der Waals surface area contributed by atoms with Crippen LogP contribution in [0.5, 0.6) is 0 Å². The molecule has 1 aliphatic rings. The van der Waals surface area contributed by atoms with Crippen molar-refractivity contribution in [3.05, 3.63) is 40.8 Å². The lowest BCUT2D eigenvalue weighted by Gasteiger charge is -2.16. The second-order valence-corrected chi connectivity index (χ2v) is 8.59. The first kappa shape index (κ1) is 19.5. The Labute approximate surface area is 171 Å². The molecule has 1 saturated heterocycles. The molecule has 4 rings (SSSR count). The minimum atomic E-state index is -0.408. The van der Waals surface area contributed by atoms with E-state index in [1.54, 1.807) is 11.0 Å². The van der Waals surface area contributed by atoms with Gasteiger partial charge in [0.25, 0.3) is 0 Å². The number of nitrogens with one attached hydrogen (secondary N) is 2. The minimum absolute atomic E-state index is 0.0451. The molecule has 0 saturated carbocycles. The third-order valence-electron chi connectivity index (χ3n) is 5.13. The summed E-state index contributed by atoms with van der Waals surface area (Å²) in [6, 6.07) is 4.61. The van der Waals surface area contributed by atoms with Gasteiger partial charge in [-0.3, -0.25) is 9.59 Å². The highest BCUT2D eigenvalue weighted by Gasteiger charge is 2.34. The number of halogens is 1. The maximum absolute atomic E-state index is 13.5. The molecule has 1 unspecified atom stereocenters. The molecule has 1 fully saturated rings. The number of amides is 2. The lowest BCUT2D eigenvalue weighted by Crippen LogP contribution is -2.30. The molecule has 3 aromatic rings. The molecular weight excluding hydrogens is 393 g/mol. The van der Waals surface area contributed by atoms with Crippen molar-refractivity contribution in [1.82, 2.24) is 20.1 Å². The Hall–Kier alpha value is -2.81. The van der Waals surface area contributed by atoms with Gasteiger partial charge in [0.2, 0.25) is 16.9 Å². The van der Waals surface area contributed by atoms with Gasteiger partial charge in [0.1, 0.15) is 10.8 Å². The lowest BCUT2D eigenvalue weighted by atomic mass is 10.1. The quantitative estimate of drug-likeness (QED) is 0.646. The number of likely N-dealkylation sites (tertiary alicyclic amines) is 1. The fourth-order valence-corrected chi connectivity index (χ4v) is 4.25. The van der Waals surface area contributed by atoms with Crippen LogP contribution in [0.25, 0.3) is 10.9 Å². The summed E-state index contributed by atoms with van der Waals surface area (Å²) in [5, 5.41) is 13.0. The van der Waals surface area contributed by atoms with Gasteiger partial charge in [-0.25, -0.2) is 4.39 Å². The fourth-order valence-electron chi connectivity index (χ4n) is 3.50. The molecule has 0 bridgehead atoms. The zero-order chi connectivity index (χ0) is 20.5. The van der Waals surface area contributed by atoms with Crippen LogP contribution < -0.4 is 5.32 Å². The van der Waals surface area contributed by atoms with Crippen LogP contribution in [0.15, 0.2) is 24.4 Å². The van der Waals surface area contributed by atoms with Crippen LogP contribution >= 0.6 is 11.3 Å². The van der Waals surface area contributed by atoms with E-state index in [0.717, 1.165) is 21.5 Å². The highest BCUT2D eigenvalue weighted by molar-refractivity contribution is 7.15. The normalized spacial score (nSPS) is 16.9. The van der Waals surface area contributed by atoms with Crippen molar-refractivity contribution in [2.45, 2.75) is 32.6 Å². The molecule has 9 heteroatoms. The summed E-state index contributed by atoms with van der Waals surface area (Å²) in [6.45, 7) is 4.89. The molecule has 0 spiro atoms. The van der Waals surface area contributed by atoms with Gasteiger partial charge in [0.15, 0.2) is 0 Å². The Morgan fingerprint density at radius 2 is 2.24 bits per heavy atom. The predicted molar refractivity (Wildman–Crippen MR) is 109 cm³/mol. The number of benzene rings is 1. The van der Waals surface area contributed by atoms with Gasteiger partial charge in [-0.05, 0) is 30.2 Å². The first-order valence-corrected chi connectivity index (χ1v) is 10.4. The highest BCUT2D eigenvalue weighted by Crippen LogP contribution is 2.25. The van der Waals surface area contributed by atoms with Gasteiger partial charge < -0.3 is 15.2 Å². The molecule has 0 aliphatic carbocycles. The van der Waals surface area contributed by atoms with Gasteiger partial charge >= 0.3 is 0 Å². The maximum Gasteiger partial charge on any atom is 0.231 e. The Kier molecular flexibility index (Phi) is 5.31. The third-order valence-corrected chi connectivity index (χ3v) is 6.27. The Bertz CT molecular complexity index is 1060. The van der Waals surface area contributed by atoms with E-state index in [0.29, 0.717) is 24.6 Å². The summed E-state index contributed by atoms with van der Waals surface area (Å²) in [7, 11) is 0. The Morgan fingerprint density at radius 1 is 1.41 bits per heavy atom. The fraction of sp³-hybridized carbons (Fsp3) is 0.400. The number of fused-ring (bicyclic) bond motifs is 1. The van der Waals surface area contributed by atoms with Crippen LogP contribution in [0.3, 0.4) is 0 Å². The number of rotatable bonds is 6. The van der Waals surface area contributed by atoms with Gasteiger partial charge in [0.05, 0.1) is 5.92 Å². The van der Waals surface area contributed by atoms with E-state index in [1.165, 1.54) is 23.5 Å². The van der Waals surface area contributed by atoms with Crippen molar-refractivity contribution >= 4 is 39.2 Å². The number of hydrogen-bond acceptors (Lipinski definition) is 5. The van der Waals surface area contributed by atoms with Gasteiger partial charge in [-0.2, -0.15) is 0 Å². The van der Waals surface area contributed by atoms with Gasteiger partial charge in [-0.15, -0.1) is 10.2 Å². The monoisotopic (exact) mass is 415 g/mol. The number of hydrogen-bond donors (Lipinski definition) is 2. The van der Waals surface area contributed by atoms with Crippen LogP contribution in [0, 0.1) is 11.7 Å². The molecule has 2 amide bonds. The van der Waals surface area contributed by atoms with E-state index in [2.05, 4.69) is 20.5 Å². The largest absolute Gasteiger partial charge is 0.361 e. The second-order valence-electron chi connectivity index (χ2n) is 7.58. The van der Waals surface area contributed by atoms with Crippen molar-refractivity contribution < 1.29 is 14.0 Å². The summed E-state index contributed by atoms with van der Waals surface area (Å²) >= 11 is 1.35. The lowest BCUT2D eigenvalue weighted by molar-refractivity contribution is -0.128. The van der Waals surface area contributed by atoms with Crippen molar-refractivity contribution in [2.75, 3.05) is 18.4 Å². The molecule has 0 radical (unpaired) electrons. The Morgan fingerprint density at radius 3 is 3.00 bits per heavy atom. The molecule has 2 aromatic heterocycles. The van der Waals surface area contributed by atoms with Crippen molar-refractivity contribution in [3.63, 3.8) is 0 Å². The van der Waals surface area contributed by atoms with E-state index in [1.807, 2.05) is 20.0 Å². The standard InChI is InChI=1S/C20H22FN5O2S/c1-11(2)19-24-25-20(29-19)23-18(28)13-7-17(27)26(10-13)6-5-12-9-22-16-4-3-14(21)8-15(12)16/h3-4,8-9,11,13,22H,5-7,10H2,1-2H3,(H,23,25,28). The molecule has 1 aromatic carbocycles. The zero-order valence-corrected chi connectivity index (χ0v) is 17.1. The summed E-state index contributed by atoms with van der Waals surface area (Å²) in [4.78, 5) is 29.7. The number of carbonyl (C=O) groups is 2. The van der Waals surface area contributed by atoms with E-state index in [4.69, 9.17) is 0 Å². The van der Waals surface area contributed by atoms with Gasteiger partial charge in [0, 0.05) is 42.5 Å². The molecule has 2 N–H and O–H groups in total. The summed E-state index contributed by atoms with van der Waals surface area (Å²) in [5.41, 5.74) is 1.82. The molecule has 3 heterocycles. The smallest absolute Gasteiger partial charge is 0.231 e. The number of aromatic nitrogens is 3. The van der Waals surface area contributed by atoms with Crippen molar-refractivity contribution in [2.24, 2.45) is 5.92 Å². The maximum atomic E-state index is 13.5. The SMILES string of the molecule is CC(C)c1nnc(NC(=O)C2CC(=O)N(CCc3c[nH]c4ccc(F)cc34)C2)s1. The second kappa shape index (κ2) is 7.90. The molecule has 152 valence electrons. The van der Waals surface area contributed by atoms with Crippen LogP contribution in [0.2, 0.25) is 0 Å². The highest BCUT2D eigenvalue weighted by atomic mass is 32.1. The summed E-state index contributed by atoms with van der Waals surface area (Å²) in [5.74, 6) is -0.698. The predicted octanol–water partition coefficient (Wildman–Crippen LogP) is 3.31. The van der Waals surface area contributed by atoms with Crippen LogP contribution in [0.1, 0.15) is 36.8 Å². The van der Waals surface area contributed by atoms with Crippen molar-refractivity contribution in [3.8, 4) is 0 Å². The summed E-state index contributed by atoms with van der Waals surface area (Å²) < 4.78 is 13.5. The molecular formula is C20H22FN5O2S. The van der Waals surface area contributed by atoms with E-state index in [-0.39, 0.29) is 30.0 Å². The summed E-state index contributed by atoms with van der Waals surface area (Å²) in [6.07, 6.45) is 2.62. The topological polar surface area (TPSA) is 91.0 Å². The first-order valence-electron chi connectivity index (χ1n) is 9.58. The van der Waals surface area contributed by atoms with E-state index < -0.39 is 5.92 Å².